The number of hydrogen-bond donors (Lipinski definition) is 2. The van der Waals surface area contributed by atoms with Crippen molar-refractivity contribution in [2.45, 2.75) is 33.1 Å². The monoisotopic (exact) mass is 325 g/mol. The van der Waals surface area contributed by atoms with Crippen LogP contribution in [-0.2, 0) is 4.79 Å². The molecule has 0 aliphatic carbocycles. The number of piperidine rings is 1. The van der Waals surface area contributed by atoms with Crippen molar-refractivity contribution in [1.29, 1.82) is 0 Å². The van der Waals surface area contributed by atoms with Crippen LogP contribution in [-0.4, -0.2) is 50.1 Å². The first-order chi connectivity index (χ1) is 8.60. The fourth-order valence-electron chi connectivity index (χ4n) is 2.84. The summed E-state index contributed by atoms with van der Waals surface area (Å²) in [5, 5.41) is 6.37. The number of amides is 1. The molecule has 1 unspecified atom stereocenters. The van der Waals surface area contributed by atoms with Gasteiger partial charge in [-0.2, -0.15) is 0 Å². The van der Waals surface area contributed by atoms with Gasteiger partial charge in [-0.05, 0) is 51.7 Å². The fourth-order valence-corrected chi connectivity index (χ4v) is 2.84. The van der Waals surface area contributed by atoms with Crippen LogP contribution in [0.15, 0.2) is 0 Å². The molecule has 1 amide bonds. The molecule has 0 radical (unpaired) electrons. The molecule has 0 spiro atoms. The molecular weight excluding hydrogens is 297 g/mol. The first-order valence-corrected chi connectivity index (χ1v) is 7.31. The zero-order chi connectivity index (χ0) is 13.0. The third-order valence-corrected chi connectivity index (χ3v) is 4.51. The van der Waals surface area contributed by atoms with Crippen LogP contribution >= 0.6 is 24.8 Å². The number of likely N-dealkylation sites (tertiary alicyclic amines) is 1. The minimum Gasteiger partial charge on any atom is -0.354 e. The minimum atomic E-state index is -0.184. The summed E-state index contributed by atoms with van der Waals surface area (Å²) in [6.45, 7) is 10.3. The average molecular weight is 326 g/mol. The van der Waals surface area contributed by atoms with Crippen molar-refractivity contribution in [2.24, 2.45) is 11.3 Å². The van der Waals surface area contributed by atoms with Crippen LogP contribution in [0, 0.1) is 11.3 Å². The Balaban J connectivity index is 0.00000180. The lowest BCUT2D eigenvalue weighted by Crippen LogP contribution is -2.44. The third kappa shape index (κ3) is 5.40. The van der Waals surface area contributed by atoms with E-state index in [0.717, 1.165) is 38.5 Å². The predicted molar refractivity (Wildman–Crippen MR) is 87.9 cm³/mol. The summed E-state index contributed by atoms with van der Waals surface area (Å²) in [5.41, 5.74) is -0.184. The highest BCUT2D eigenvalue weighted by Gasteiger charge is 2.35. The average Bonchev–Trinajstić information content (AvgIpc) is 2.80. The van der Waals surface area contributed by atoms with E-state index in [1.807, 2.05) is 0 Å². The molecule has 20 heavy (non-hydrogen) atoms. The van der Waals surface area contributed by atoms with E-state index in [2.05, 4.69) is 29.4 Å². The summed E-state index contributed by atoms with van der Waals surface area (Å²) in [4.78, 5) is 14.6. The van der Waals surface area contributed by atoms with E-state index in [1.165, 1.54) is 25.9 Å². The highest BCUT2D eigenvalue weighted by Crippen LogP contribution is 2.24. The summed E-state index contributed by atoms with van der Waals surface area (Å²) >= 11 is 0. The fraction of sp³-hybridized carbons (Fsp3) is 0.929. The maximum atomic E-state index is 12.1. The number of carbonyl (C=O) groups is 1. The van der Waals surface area contributed by atoms with E-state index in [4.69, 9.17) is 0 Å². The first-order valence-electron chi connectivity index (χ1n) is 7.31. The molecule has 0 saturated carbocycles. The summed E-state index contributed by atoms with van der Waals surface area (Å²) in [6, 6.07) is 0. The van der Waals surface area contributed by atoms with E-state index in [-0.39, 0.29) is 36.1 Å². The van der Waals surface area contributed by atoms with E-state index in [1.54, 1.807) is 0 Å². The zero-order valence-electron chi connectivity index (χ0n) is 12.6. The molecule has 2 aliphatic rings. The van der Waals surface area contributed by atoms with E-state index in [9.17, 15) is 4.79 Å². The normalized spacial score (nSPS) is 27.5. The highest BCUT2D eigenvalue weighted by molar-refractivity contribution is 5.85. The Kier molecular flexibility index (Phi) is 9.07. The van der Waals surface area contributed by atoms with E-state index < -0.39 is 0 Å². The molecule has 6 heteroatoms. The van der Waals surface area contributed by atoms with Crippen LogP contribution in [0.1, 0.15) is 33.1 Å². The van der Waals surface area contributed by atoms with Gasteiger partial charge < -0.3 is 15.5 Å². The molecule has 0 aromatic carbocycles. The quantitative estimate of drug-likeness (QED) is 0.826. The van der Waals surface area contributed by atoms with Gasteiger partial charge in [0.05, 0.1) is 5.41 Å². The molecule has 2 heterocycles. The van der Waals surface area contributed by atoms with Crippen LogP contribution in [0.25, 0.3) is 0 Å². The second kappa shape index (κ2) is 9.08. The summed E-state index contributed by atoms with van der Waals surface area (Å²) in [6.07, 6.45) is 3.56. The second-order valence-electron chi connectivity index (χ2n) is 6.27. The van der Waals surface area contributed by atoms with Crippen LogP contribution in [0.3, 0.4) is 0 Å². The number of nitrogens with one attached hydrogen (secondary N) is 2. The number of rotatable bonds is 4. The van der Waals surface area contributed by atoms with Crippen molar-refractivity contribution in [2.75, 3.05) is 39.3 Å². The summed E-state index contributed by atoms with van der Waals surface area (Å²) in [7, 11) is 0. The van der Waals surface area contributed by atoms with Gasteiger partial charge in [0, 0.05) is 19.6 Å². The van der Waals surface area contributed by atoms with Crippen molar-refractivity contribution in [3.05, 3.63) is 0 Å². The van der Waals surface area contributed by atoms with Gasteiger partial charge >= 0.3 is 0 Å². The van der Waals surface area contributed by atoms with E-state index in [0.29, 0.717) is 0 Å². The van der Waals surface area contributed by atoms with Gasteiger partial charge in [-0.25, -0.2) is 0 Å². The van der Waals surface area contributed by atoms with Gasteiger partial charge in [-0.1, -0.05) is 6.92 Å². The predicted octanol–water partition coefficient (Wildman–Crippen LogP) is 1.68. The van der Waals surface area contributed by atoms with E-state index >= 15 is 0 Å². The van der Waals surface area contributed by atoms with Crippen molar-refractivity contribution < 1.29 is 4.79 Å². The van der Waals surface area contributed by atoms with Gasteiger partial charge in [-0.15, -0.1) is 24.8 Å². The maximum absolute atomic E-state index is 12.1. The standard InChI is InChI=1S/C14H27N3O.2ClH/c1-12-3-8-17(9-4-12)10-7-16-13(18)14(2)5-6-15-11-14;;/h12,15H,3-11H2,1-2H3,(H,16,18);2*1H. The molecule has 2 N–H and O–H groups in total. The molecule has 2 rings (SSSR count). The van der Waals surface area contributed by atoms with Gasteiger partial charge in [0.2, 0.25) is 5.91 Å². The molecule has 2 aliphatic heterocycles. The lowest BCUT2D eigenvalue weighted by atomic mass is 9.89. The Morgan fingerprint density at radius 1 is 1.35 bits per heavy atom. The Hall–Kier alpha value is -0.0300. The van der Waals surface area contributed by atoms with Gasteiger partial charge in [0.15, 0.2) is 0 Å². The SMILES string of the molecule is CC1CCN(CCNC(=O)C2(C)CCNC2)CC1.Cl.Cl. The van der Waals surface area contributed by atoms with Crippen LogP contribution in [0.2, 0.25) is 0 Å². The van der Waals surface area contributed by atoms with Crippen LogP contribution < -0.4 is 10.6 Å². The van der Waals surface area contributed by atoms with Crippen molar-refractivity contribution >= 4 is 30.7 Å². The summed E-state index contributed by atoms with van der Waals surface area (Å²) in [5.74, 6) is 1.09. The van der Waals surface area contributed by atoms with Crippen LogP contribution in [0.5, 0.6) is 0 Å². The largest absolute Gasteiger partial charge is 0.354 e. The zero-order valence-corrected chi connectivity index (χ0v) is 14.2. The molecule has 0 aromatic heterocycles. The molecule has 4 nitrogen and oxygen atoms in total. The van der Waals surface area contributed by atoms with Crippen molar-refractivity contribution in [3.63, 3.8) is 0 Å². The molecule has 0 aromatic rings. The van der Waals surface area contributed by atoms with Gasteiger partial charge in [0.25, 0.3) is 0 Å². The molecule has 120 valence electrons. The molecular formula is C14H29Cl2N3O. The van der Waals surface area contributed by atoms with Gasteiger partial charge in [-0.3, -0.25) is 4.79 Å². The lowest BCUT2D eigenvalue weighted by molar-refractivity contribution is -0.129. The maximum Gasteiger partial charge on any atom is 0.227 e. The molecule has 1 atom stereocenters. The number of nitrogens with zero attached hydrogens (tertiary/aromatic N) is 1. The molecule has 2 fully saturated rings. The minimum absolute atomic E-state index is 0. The summed E-state index contributed by atoms with van der Waals surface area (Å²) < 4.78 is 0. The number of hydrogen-bond acceptors (Lipinski definition) is 3. The van der Waals surface area contributed by atoms with Crippen molar-refractivity contribution in [1.82, 2.24) is 15.5 Å². The third-order valence-electron chi connectivity index (χ3n) is 4.51. The van der Waals surface area contributed by atoms with Gasteiger partial charge in [0.1, 0.15) is 0 Å². The Bertz CT molecular complexity index is 288. The number of carbonyl (C=O) groups excluding carboxylic acids is 1. The van der Waals surface area contributed by atoms with Crippen molar-refractivity contribution in [3.8, 4) is 0 Å². The van der Waals surface area contributed by atoms with Crippen LogP contribution in [0.4, 0.5) is 0 Å². The number of halogens is 2. The Labute approximate surface area is 135 Å². The highest BCUT2D eigenvalue weighted by atomic mass is 35.5. The lowest BCUT2D eigenvalue weighted by Gasteiger charge is -2.30. The first kappa shape index (κ1) is 20.0. The Morgan fingerprint density at radius 2 is 2.00 bits per heavy atom. The second-order valence-corrected chi connectivity index (χ2v) is 6.27. The molecule has 2 saturated heterocycles. The molecule has 0 bridgehead atoms. The topological polar surface area (TPSA) is 44.4 Å². The smallest absolute Gasteiger partial charge is 0.227 e. The Morgan fingerprint density at radius 3 is 2.55 bits per heavy atom.